The van der Waals surface area contributed by atoms with Gasteiger partial charge in [0.25, 0.3) is 5.91 Å². The molecule has 1 saturated heterocycles. The number of amides is 1. The maximum Gasteiger partial charge on any atom is 0.259 e. The highest BCUT2D eigenvalue weighted by atomic mass is 16.3. The summed E-state index contributed by atoms with van der Waals surface area (Å²) in [4.78, 5) is 23.0. The summed E-state index contributed by atoms with van der Waals surface area (Å²) in [6, 6.07) is 0. The first-order chi connectivity index (χ1) is 5.67. The van der Waals surface area contributed by atoms with Crippen molar-refractivity contribution < 1.29 is 14.7 Å². The highest BCUT2D eigenvalue weighted by Gasteiger charge is 2.46. The molecule has 0 bridgehead atoms. The van der Waals surface area contributed by atoms with Crippen LogP contribution >= 0.6 is 0 Å². The summed E-state index contributed by atoms with van der Waals surface area (Å²) in [7, 11) is 0. The van der Waals surface area contributed by atoms with Gasteiger partial charge in [-0.2, -0.15) is 0 Å². The molecule has 4 nitrogen and oxygen atoms in total. The second-order valence-electron chi connectivity index (χ2n) is 3.16. The third-order valence-corrected chi connectivity index (χ3v) is 2.40. The van der Waals surface area contributed by atoms with Crippen LogP contribution in [0.1, 0.15) is 12.8 Å². The smallest absolute Gasteiger partial charge is 0.259 e. The number of carbonyl (C=O) groups is 2. The number of aliphatic hydroxyl groups is 1. The van der Waals surface area contributed by atoms with Crippen molar-refractivity contribution in [3.8, 4) is 0 Å². The average Bonchev–Trinajstić information content (AvgIpc) is 2.50. The van der Waals surface area contributed by atoms with Gasteiger partial charge in [0.15, 0.2) is 12.0 Å². The predicted octanol–water partition coefficient (Wildman–Crippen LogP) is -0.564. The third kappa shape index (κ3) is 0.754. The number of nitrogens with zero attached hydrogens (tertiary/aromatic N) is 1. The summed E-state index contributed by atoms with van der Waals surface area (Å²) < 4.78 is 0. The minimum absolute atomic E-state index is 0.0807. The first-order valence-corrected chi connectivity index (χ1v) is 3.90. The number of carbonyl (C=O) groups excluding carboxylic acids is 2. The summed E-state index contributed by atoms with van der Waals surface area (Å²) in [6.07, 6.45) is 3.19. The van der Waals surface area contributed by atoms with Crippen molar-refractivity contribution >= 4 is 12.2 Å². The van der Waals surface area contributed by atoms with E-state index in [1.54, 1.807) is 0 Å². The van der Waals surface area contributed by atoms with Crippen LogP contribution in [-0.4, -0.2) is 34.5 Å². The highest BCUT2D eigenvalue weighted by molar-refractivity contribution is 6.13. The zero-order valence-electron chi connectivity index (χ0n) is 6.49. The molecule has 1 unspecified atom stereocenters. The summed E-state index contributed by atoms with van der Waals surface area (Å²) in [5.41, 5.74) is -1.08. The van der Waals surface area contributed by atoms with Crippen molar-refractivity contribution in [3.63, 3.8) is 0 Å². The van der Waals surface area contributed by atoms with Crippen molar-refractivity contribution in [1.82, 2.24) is 4.90 Å². The maximum absolute atomic E-state index is 11.3. The Hall–Kier alpha value is -1.16. The Morgan fingerprint density at radius 2 is 2.42 bits per heavy atom. The Labute approximate surface area is 69.5 Å². The number of fused-ring (bicyclic) bond motifs is 1. The van der Waals surface area contributed by atoms with Gasteiger partial charge in [0, 0.05) is 13.0 Å². The highest BCUT2D eigenvalue weighted by Crippen LogP contribution is 2.34. The van der Waals surface area contributed by atoms with E-state index in [0.717, 1.165) is 6.42 Å². The number of hydrogen-bond acceptors (Lipinski definition) is 3. The summed E-state index contributed by atoms with van der Waals surface area (Å²) >= 11 is 0. The normalized spacial score (nSPS) is 33.6. The van der Waals surface area contributed by atoms with Crippen LogP contribution < -0.4 is 0 Å². The molecule has 64 valence electrons. The molecule has 0 saturated carbocycles. The van der Waals surface area contributed by atoms with Gasteiger partial charge in [0.1, 0.15) is 0 Å². The molecule has 1 N–H and O–H groups in total. The molecule has 2 rings (SSSR count). The lowest BCUT2D eigenvalue weighted by Gasteiger charge is -2.24. The Balaban J connectivity index is 2.40. The second kappa shape index (κ2) is 2.17. The van der Waals surface area contributed by atoms with E-state index in [4.69, 9.17) is 0 Å². The number of hydrogen-bond donors (Lipinski definition) is 1. The standard InChI is InChI=1S/C8H9NO3/c10-5-6-4-8(12)2-1-3-9(8)7(6)11/h4-5,12H,1-3H2. The lowest BCUT2D eigenvalue weighted by atomic mass is 10.1. The summed E-state index contributed by atoms with van der Waals surface area (Å²) in [5.74, 6) is -0.343. The van der Waals surface area contributed by atoms with Gasteiger partial charge in [0.05, 0.1) is 5.57 Å². The molecule has 2 aliphatic rings. The van der Waals surface area contributed by atoms with Crippen LogP contribution in [0.15, 0.2) is 11.6 Å². The van der Waals surface area contributed by atoms with Crippen LogP contribution in [0.3, 0.4) is 0 Å². The molecule has 0 aromatic heterocycles. The van der Waals surface area contributed by atoms with Gasteiger partial charge >= 0.3 is 0 Å². The van der Waals surface area contributed by atoms with Gasteiger partial charge in [-0.25, -0.2) is 0 Å². The molecule has 12 heavy (non-hydrogen) atoms. The van der Waals surface area contributed by atoms with Crippen molar-refractivity contribution in [2.75, 3.05) is 6.54 Å². The second-order valence-corrected chi connectivity index (χ2v) is 3.16. The van der Waals surface area contributed by atoms with Gasteiger partial charge in [-0.15, -0.1) is 0 Å². The molecule has 0 aliphatic carbocycles. The Morgan fingerprint density at radius 3 is 3.00 bits per heavy atom. The lowest BCUT2D eigenvalue weighted by Crippen LogP contribution is -2.40. The van der Waals surface area contributed by atoms with E-state index in [0.29, 0.717) is 19.3 Å². The van der Waals surface area contributed by atoms with Gasteiger partial charge < -0.3 is 10.0 Å². The first-order valence-electron chi connectivity index (χ1n) is 3.90. The van der Waals surface area contributed by atoms with Crippen LogP contribution in [0.5, 0.6) is 0 Å². The predicted molar refractivity (Wildman–Crippen MR) is 40.0 cm³/mol. The molecule has 0 aromatic carbocycles. The van der Waals surface area contributed by atoms with Crippen molar-refractivity contribution in [1.29, 1.82) is 0 Å². The van der Waals surface area contributed by atoms with Crippen molar-refractivity contribution in [2.45, 2.75) is 18.6 Å². The zero-order valence-corrected chi connectivity index (χ0v) is 6.49. The Morgan fingerprint density at radius 1 is 1.67 bits per heavy atom. The molecular weight excluding hydrogens is 158 g/mol. The van der Waals surface area contributed by atoms with E-state index < -0.39 is 5.72 Å². The SMILES string of the molecule is O=CC1=CC2(O)CCCN2C1=O. The molecule has 1 fully saturated rings. The fraction of sp³-hybridized carbons (Fsp3) is 0.500. The summed E-state index contributed by atoms with van der Waals surface area (Å²) in [5, 5.41) is 9.77. The van der Waals surface area contributed by atoms with Gasteiger partial charge in [-0.05, 0) is 12.5 Å². The number of aldehydes is 1. The van der Waals surface area contributed by atoms with Crippen LogP contribution in [0.4, 0.5) is 0 Å². The minimum atomic E-state index is -1.16. The topological polar surface area (TPSA) is 57.6 Å². The molecule has 2 aliphatic heterocycles. The molecule has 0 aromatic rings. The fourth-order valence-corrected chi connectivity index (χ4v) is 1.80. The number of rotatable bonds is 1. The van der Waals surface area contributed by atoms with Crippen LogP contribution in [0, 0.1) is 0 Å². The minimum Gasteiger partial charge on any atom is -0.367 e. The third-order valence-electron chi connectivity index (χ3n) is 2.40. The maximum atomic E-state index is 11.3. The quantitative estimate of drug-likeness (QED) is 0.420. The van der Waals surface area contributed by atoms with Gasteiger partial charge in [-0.3, -0.25) is 9.59 Å². The van der Waals surface area contributed by atoms with E-state index in [2.05, 4.69) is 0 Å². The molecule has 0 radical (unpaired) electrons. The van der Waals surface area contributed by atoms with Crippen molar-refractivity contribution in [3.05, 3.63) is 11.6 Å². The van der Waals surface area contributed by atoms with E-state index in [-0.39, 0.29) is 11.5 Å². The molecule has 0 spiro atoms. The van der Waals surface area contributed by atoms with Crippen LogP contribution in [0.25, 0.3) is 0 Å². The van der Waals surface area contributed by atoms with Crippen molar-refractivity contribution in [2.24, 2.45) is 0 Å². The zero-order chi connectivity index (χ0) is 8.77. The van der Waals surface area contributed by atoms with E-state index in [1.807, 2.05) is 0 Å². The molecule has 1 amide bonds. The average molecular weight is 167 g/mol. The first kappa shape index (κ1) is 7.49. The monoisotopic (exact) mass is 167 g/mol. The van der Waals surface area contributed by atoms with Crippen LogP contribution in [0.2, 0.25) is 0 Å². The van der Waals surface area contributed by atoms with E-state index in [1.165, 1.54) is 11.0 Å². The molecule has 1 atom stereocenters. The fourth-order valence-electron chi connectivity index (χ4n) is 1.80. The van der Waals surface area contributed by atoms with Gasteiger partial charge in [0.2, 0.25) is 0 Å². The van der Waals surface area contributed by atoms with E-state index >= 15 is 0 Å². The van der Waals surface area contributed by atoms with E-state index in [9.17, 15) is 14.7 Å². The Bertz CT molecular complexity index is 284. The molecular formula is C8H9NO3. The Kier molecular flexibility index (Phi) is 1.35. The molecule has 2 heterocycles. The summed E-state index contributed by atoms with van der Waals surface area (Å²) in [6.45, 7) is 0.545. The lowest BCUT2D eigenvalue weighted by molar-refractivity contribution is -0.136. The van der Waals surface area contributed by atoms with Crippen LogP contribution in [-0.2, 0) is 9.59 Å². The molecule has 4 heteroatoms. The largest absolute Gasteiger partial charge is 0.367 e. The van der Waals surface area contributed by atoms with Gasteiger partial charge in [-0.1, -0.05) is 0 Å².